The zero-order valence-corrected chi connectivity index (χ0v) is 51.6. The molecule has 4 aromatic carbocycles. The van der Waals surface area contributed by atoms with Gasteiger partial charge in [0, 0.05) is 92.3 Å². The van der Waals surface area contributed by atoms with Gasteiger partial charge in [0.2, 0.25) is 11.5 Å². The fourth-order valence-electron chi connectivity index (χ4n) is 9.58. The van der Waals surface area contributed by atoms with Gasteiger partial charge in [-0.25, -0.2) is 4.79 Å². The van der Waals surface area contributed by atoms with Crippen molar-refractivity contribution in [3.8, 4) is 17.2 Å². The van der Waals surface area contributed by atoms with Crippen LogP contribution in [0.25, 0.3) is 0 Å². The van der Waals surface area contributed by atoms with Crippen molar-refractivity contribution in [2.24, 2.45) is 5.92 Å². The molecule has 23 nitrogen and oxygen atoms in total. The van der Waals surface area contributed by atoms with Crippen LogP contribution in [-0.2, 0) is 82.2 Å². The number of nitrogens with one attached hydrogen (secondary N) is 3. The smallest absolute Gasteiger partial charge is 0.344 e. The summed E-state index contributed by atoms with van der Waals surface area (Å²) in [6, 6.07) is 36.7. The maximum absolute atomic E-state index is 16.1. The zero-order valence-electron chi connectivity index (χ0n) is 51.6. The average Bonchev–Trinajstić information content (AvgIpc) is 0.771. The normalized spacial score (nSPS) is 14.5. The Balaban J connectivity index is 1.22. The van der Waals surface area contributed by atoms with E-state index in [1.54, 1.807) is 75.4 Å². The third-order valence-corrected chi connectivity index (χ3v) is 14.2. The van der Waals surface area contributed by atoms with Gasteiger partial charge in [-0.2, -0.15) is 0 Å². The summed E-state index contributed by atoms with van der Waals surface area (Å²) in [5.41, 5.74) is -1.90. The predicted octanol–water partition coefficient (Wildman–Crippen LogP) is 5.10. The molecule has 2 unspecified atom stereocenters. The van der Waals surface area contributed by atoms with Crippen LogP contribution in [0.15, 0.2) is 162 Å². The third-order valence-electron chi connectivity index (χ3n) is 14.2. The van der Waals surface area contributed by atoms with Crippen molar-refractivity contribution in [3.05, 3.63) is 206 Å². The Morgan fingerprint density at radius 3 is 1.51 bits per heavy atom. The highest BCUT2D eigenvalue weighted by Crippen LogP contribution is 2.35. The van der Waals surface area contributed by atoms with E-state index >= 15 is 9.59 Å². The molecule has 0 spiro atoms. The third kappa shape index (κ3) is 19.0. The number of hydrogen-bond donors (Lipinski definition) is 3. The summed E-state index contributed by atoms with van der Waals surface area (Å²) in [7, 11) is 4.44. The van der Waals surface area contributed by atoms with E-state index in [1.165, 1.54) is 77.1 Å². The highest BCUT2D eigenvalue weighted by molar-refractivity contribution is 6.14. The van der Waals surface area contributed by atoms with Crippen molar-refractivity contribution in [1.82, 2.24) is 34.9 Å². The minimum absolute atomic E-state index is 0.0322. The zero-order chi connectivity index (χ0) is 64.5. The minimum Gasteiger partial charge on any atom is -0.482 e. The van der Waals surface area contributed by atoms with Gasteiger partial charge in [-0.3, -0.25) is 33.6 Å². The van der Waals surface area contributed by atoms with Crippen LogP contribution in [0, 0.1) is 5.92 Å². The van der Waals surface area contributed by atoms with Gasteiger partial charge in [0.15, 0.2) is 18.1 Å². The molecule has 2 atom stereocenters. The first-order valence-corrected chi connectivity index (χ1v) is 29.5. The molecule has 0 fully saturated rings. The van der Waals surface area contributed by atoms with Gasteiger partial charge >= 0.3 is 5.97 Å². The van der Waals surface area contributed by atoms with Gasteiger partial charge in [0.05, 0.1) is 37.6 Å². The summed E-state index contributed by atoms with van der Waals surface area (Å²) in [6.07, 6.45) is 6.02. The van der Waals surface area contributed by atoms with Crippen LogP contribution >= 0.6 is 0 Å². The Kier molecular flexibility index (Phi) is 25.6. The molecule has 3 heterocycles. The summed E-state index contributed by atoms with van der Waals surface area (Å²) in [4.78, 5) is 118. The molecule has 0 saturated heterocycles. The molecule has 0 bridgehead atoms. The fourth-order valence-corrected chi connectivity index (χ4v) is 9.58. The van der Waals surface area contributed by atoms with Crippen LogP contribution in [0.4, 0.5) is 0 Å². The van der Waals surface area contributed by atoms with Crippen LogP contribution < -0.4 is 41.3 Å². The van der Waals surface area contributed by atoms with Crippen molar-refractivity contribution >= 4 is 35.5 Å². The lowest BCUT2D eigenvalue weighted by Crippen LogP contribution is -2.68. The van der Waals surface area contributed by atoms with Gasteiger partial charge in [-0.05, 0) is 73.7 Å². The number of esters is 1. The maximum atomic E-state index is 16.1. The Bertz CT molecular complexity index is 3370. The molecule has 1 aliphatic heterocycles. The number of ether oxygens (including phenoxy) is 8. The van der Waals surface area contributed by atoms with E-state index in [1.807, 2.05) is 60.7 Å². The van der Waals surface area contributed by atoms with E-state index in [4.69, 9.17) is 37.9 Å². The van der Waals surface area contributed by atoms with Crippen LogP contribution in [-0.4, -0.2) is 153 Å². The van der Waals surface area contributed by atoms with Crippen molar-refractivity contribution in [3.63, 3.8) is 0 Å². The number of pyridine rings is 2. The van der Waals surface area contributed by atoms with Gasteiger partial charge in [0.1, 0.15) is 30.5 Å². The second kappa shape index (κ2) is 33.8. The Labute approximate surface area is 522 Å². The summed E-state index contributed by atoms with van der Waals surface area (Å²) in [5.74, 6) is -6.30. The molecule has 0 aliphatic carbocycles. The van der Waals surface area contributed by atoms with Crippen molar-refractivity contribution in [2.75, 3.05) is 87.0 Å². The van der Waals surface area contributed by atoms with Gasteiger partial charge < -0.3 is 72.8 Å². The molecular weight excluding hydrogens is 1160 g/mol. The Morgan fingerprint density at radius 1 is 0.556 bits per heavy atom. The highest BCUT2D eigenvalue weighted by Gasteiger charge is 2.60. The molecule has 1 aliphatic rings. The topological polar surface area (TPSA) is 263 Å². The molecule has 2 aromatic heterocycles. The van der Waals surface area contributed by atoms with Crippen molar-refractivity contribution < 1.29 is 66.7 Å². The van der Waals surface area contributed by atoms with E-state index in [-0.39, 0.29) is 121 Å². The Morgan fingerprint density at radius 2 is 1.03 bits per heavy atom. The number of benzene rings is 4. The number of carbonyl (C=O) groups excluding carboxylic acids is 6. The molecule has 7 rings (SSSR count). The number of methoxy groups -OCH3 is 3. The van der Waals surface area contributed by atoms with E-state index < -0.39 is 63.7 Å². The molecule has 0 saturated carbocycles. The van der Waals surface area contributed by atoms with Crippen LogP contribution in [0.5, 0.6) is 17.2 Å². The molecule has 23 heteroatoms. The first-order chi connectivity index (χ1) is 43.5. The SMILES string of the molecule is COCCN1C=CC(C(=O)NCCc2ccc(OCC(=O)OC(C)(C)C)cc2)C(OCc2ccccc2)(C(=O)N(CCNC(=O)c2ccn(CCOC)c(=O)c2OCc2ccccc2)CCNC(=O)c2ccn(CCOC)c(=O)c2OCc2ccccc2)C1=O. The van der Waals surface area contributed by atoms with Crippen molar-refractivity contribution in [2.45, 2.75) is 71.3 Å². The minimum atomic E-state index is -2.64. The lowest BCUT2D eigenvalue weighted by Gasteiger charge is -2.43. The van der Waals surface area contributed by atoms with Gasteiger partial charge in [-0.15, -0.1) is 0 Å². The first-order valence-electron chi connectivity index (χ1n) is 29.5. The summed E-state index contributed by atoms with van der Waals surface area (Å²) < 4.78 is 48.3. The predicted molar refractivity (Wildman–Crippen MR) is 333 cm³/mol. The van der Waals surface area contributed by atoms with E-state index in [2.05, 4.69) is 16.0 Å². The number of rotatable bonds is 34. The first kappa shape index (κ1) is 68.1. The summed E-state index contributed by atoms with van der Waals surface area (Å²) in [6.45, 7) is 3.97. The van der Waals surface area contributed by atoms with E-state index in [0.717, 1.165) is 16.7 Å². The second-order valence-electron chi connectivity index (χ2n) is 21.8. The van der Waals surface area contributed by atoms with Crippen LogP contribution in [0.3, 0.4) is 0 Å². The molecular formula is C67H79N7O16. The average molecular weight is 1240 g/mol. The molecule has 3 N–H and O–H groups in total. The number of aromatic nitrogens is 2. The number of hydrogen-bond acceptors (Lipinski definition) is 16. The lowest BCUT2D eigenvalue weighted by molar-refractivity contribution is -0.185. The number of nitrogens with zero attached hydrogens (tertiary/aromatic N) is 4. The lowest BCUT2D eigenvalue weighted by atomic mass is 9.80. The van der Waals surface area contributed by atoms with Gasteiger partial charge in [-0.1, -0.05) is 109 Å². The largest absolute Gasteiger partial charge is 0.482 e. The van der Waals surface area contributed by atoms with Crippen LogP contribution in [0.2, 0.25) is 0 Å². The standard InChI is InChI=1S/C67H79N7O16/c1-66(2,3)90-56(75)47-86-52-24-22-48(23-25-52)26-30-68-61(78)55-29-35-73(40-43-85-6)64(81)67(55,89-46-51-20-14-9-15-21-51)65(82)74(36-31-69-59(76)53-27-33-71(38-41-83-4)62(79)57(53)87-44-49-16-10-7-11-17-49)37-32-70-60(77)54-28-34-72(39-42-84-5)63(80)58(54)88-45-50-18-12-8-13-19-50/h7-25,27-29,33-35,55H,26,30-32,36-47H2,1-6H3,(H,68,78)(H,69,76)(H,70,77). The Hall–Kier alpha value is -9.42. The molecule has 5 amide bonds. The second-order valence-corrected chi connectivity index (χ2v) is 21.8. The van der Waals surface area contributed by atoms with Crippen molar-refractivity contribution in [1.29, 1.82) is 0 Å². The quantitative estimate of drug-likeness (QED) is 0.0350. The molecule has 478 valence electrons. The highest BCUT2D eigenvalue weighted by atomic mass is 16.6. The van der Waals surface area contributed by atoms with E-state index in [0.29, 0.717) is 17.7 Å². The molecule has 90 heavy (non-hydrogen) atoms. The summed E-state index contributed by atoms with van der Waals surface area (Å²) >= 11 is 0. The fraction of sp³-hybridized carbons (Fsp3) is 0.373. The van der Waals surface area contributed by atoms with Crippen LogP contribution in [0.1, 0.15) is 63.7 Å². The number of carbonyl (C=O) groups is 6. The summed E-state index contributed by atoms with van der Waals surface area (Å²) in [5, 5.41) is 8.53. The molecule has 0 radical (unpaired) electrons. The van der Waals surface area contributed by atoms with E-state index in [9.17, 15) is 28.8 Å². The number of amides is 5. The van der Waals surface area contributed by atoms with Gasteiger partial charge in [0.25, 0.3) is 34.7 Å². The maximum Gasteiger partial charge on any atom is 0.344 e. The molecule has 6 aromatic rings. The monoisotopic (exact) mass is 1240 g/mol.